The van der Waals surface area contributed by atoms with E-state index in [2.05, 4.69) is 10.5 Å². The third kappa shape index (κ3) is 3.29. The quantitative estimate of drug-likeness (QED) is 0.684. The molecule has 0 unspecified atom stereocenters. The van der Waals surface area contributed by atoms with Gasteiger partial charge in [0.05, 0.1) is 17.7 Å². The molecule has 0 aliphatic rings. The number of carbonyl (C=O) groups excluding carboxylic acids is 1. The summed E-state index contributed by atoms with van der Waals surface area (Å²) >= 11 is 5.72. The van der Waals surface area contributed by atoms with Crippen LogP contribution in [0.2, 0.25) is 5.02 Å². The molecule has 7 nitrogen and oxygen atoms in total. The zero-order valence-electron chi connectivity index (χ0n) is 9.50. The van der Waals surface area contributed by atoms with Crippen molar-refractivity contribution in [2.24, 2.45) is 0 Å². The number of carbonyl (C=O) groups is 1. The largest absolute Gasteiger partial charge is 0.360 e. The Morgan fingerprint density at radius 3 is 2.89 bits per heavy atom. The van der Waals surface area contributed by atoms with E-state index in [1.54, 1.807) is 6.07 Å². The van der Waals surface area contributed by atoms with Crippen molar-refractivity contribution in [2.45, 2.75) is 6.54 Å². The first-order valence-electron chi connectivity index (χ1n) is 5.19. The van der Waals surface area contributed by atoms with Crippen molar-refractivity contribution in [1.29, 1.82) is 0 Å². The van der Waals surface area contributed by atoms with Crippen LogP contribution in [0.25, 0.3) is 0 Å². The Morgan fingerprint density at radius 1 is 1.47 bits per heavy atom. The summed E-state index contributed by atoms with van der Waals surface area (Å²) in [4.78, 5) is 21.9. The van der Waals surface area contributed by atoms with Crippen LogP contribution in [-0.4, -0.2) is 16.0 Å². The molecule has 98 valence electrons. The SMILES string of the molecule is O=C(NCc1ccno1)c1cc(Cl)cc([N+](=O)[O-])c1. The molecule has 0 saturated heterocycles. The fourth-order valence-electron chi connectivity index (χ4n) is 1.41. The third-order valence-electron chi connectivity index (χ3n) is 2.27. The first kappa shape index (κ1) is 13.0. The van der Waals surface area contributed by atoms with Crippen molar-refractivity contribution in [3.05, 3.63) is 56.9 Å². The van der Waals surface area contributed by atoms with Crippen molar-refractivity contribution < 1.29 is 14.2 Å². The molecule has 0 radical (unpaired) electrons. The second-order valence-electron chi connectivity index (χ2n) is 3.62. The smallest absolute Gasteiger partial charge is 0.271 e. The monoisotopic (exact) mass is 281 g/mol. The number of non-ortho nitro benzene ring substituents is 1. The second-order valence-corrected chi connectivity index (χ2v) is 4.05. The average molecular weight is 282 g/mol. The molecule has 8 heteroatoms. The van der Waals surface area contributed by atoms with E-state index in [4.69, 9.17) is 16.1 Å². The molecule has 0 aliphatic heterocycles. The van der Waals surface area contributed by atoms with Gasteiger partial charge in [-0.15, -0.1) is 0 Å². The maximum absolute atomic E-state index is 11.8. The van der Waals surface area contributed by atoms with E-state index in [1.807, 2.05) is 0 Å². The highest BCUT2D eigenvalue weighted by Gasteiger charge is 2.14. The van der Waals surface area contributed by atoms with Crippen LogP contribution in [0.5, 0.6) is 0 Å². The van der Waals surface area contributed by atoms with E-state index in [0.29, 0.717) is 5.76 Å². The summed E-state index contributed by atoms with van der Waals surface area (Å²) < 4.78 is 4.81. The van der Waals surface area contributed by atoms with Gasteiger partial charge < -0.3 is 9.84 Å². The second kappa shape index (κ2) is 5.49. The number of halogens is 1. The van der Waals surface area contributed by atoms with Crippen molar-refractivity contribution in [3.63, 3.8) is 0 Å². The normalized spacial score (nSPS) is 10.2. The summed E-state index contributed by atoms with van der Waals surface area (Å²) in [5, 5.41) is 16.8. The van der Waals surface area contributed by atoms with E-state index in [0.717, 1.165) is 6.07 Å². The highest BCUT2D eigenvalue weighted by Crippen LogP contribution is 2.20. The summed E-state index contributed by atoms with van der Waals surface area (Å²) in [6.07, 6.45) is 1.45. The van der Waals surface area contributed by atoms with Crippen LogP contribution >= 0.6 is 11.6 Å². The third-order valence-corrected chi connectivity index (χ3v) is 2.49. The van der Waals surface area contributed by atoms with Gasteiger partial charge in [0, 0.05) is 28.8 Å². The van der Waals surface area contributed by atoms with Crippen LogP contribution in [0.3, 0.4) is 0 Å². The van der Waals surface area contributed by atoms with Gasteiger partial charge in [-0.2, -0.15) is 0 Å². The molecule has 0 spiro atoms. The lowest BCUT2D eigenvalue weighted by molar-refractivity contribution is -0.384. The van der Waals surface area contributed by atoms with Crippen LogP contribution < -0.4 is 5.32 Å². The fourth-order valence-corrected chi connectivity index (χ4v) is 1.64. The Bertz CT molecular complexity index is 612. The zero-order chi connectivity index (χ0) is 13.8. The van der Waals surface area contributed by atoms with E-state index >= 15 is 0 Å². The van der Waals surface area contributed by atoms with Crippen molar-refractivity contribution in [3.8, 4) is 0 Å². The van der Waals surface area contributed by atoms with Crippen LogP contribution in [-0.2, 0) is 6.54 Å². The number of benzene rings is 1. The number of nitrogens with zero attached hydrogens (tertiary/aromatic N) is 2. The summed E-state index contributed by atoms with van der Waals surface area (Å²) in [7, 11) is 0. The molecule has 1 aromatic heterocycles. The van der Waals surface area contributed by atoms with E-state index in [1.165, 1.54) is 18.3 Å². The van der Waals surface area contributed by atoms with Crippen molar-refractivity contribution in [1.82, 2.24) is 10.5 Å². The van der Waals surface area contributed by atoms with Gasteiger partial charge in [0.1, 0.15) is 0 Å². The van der Waals surface area contributed by atoms with E-state index in [-0.39, 0.29) is 22.8 Å². The van der Waals surface area contributed by atoms with E-state index in [9.17, 15) is 14.9 Å². The molecule has 1 amide bonds. The molecule has 2 aromatic rings. The lowest BCUT2D eigenvalue weighted by atomic mass is 10.2. The van der Waals surface area contributed by atoms with Gasteiger partial charge in [-0.25, -0.2) is 0 Å². The number of hydrogen-bond acceptors (Lipinski definition) is 5. The van der Waals surface area contributed by atoms with Gasteiger partial charge in [0.15, 0.2) is 5.76 Å². The number of aromatic nitrogens is 1. The van der Waals surface area contributed by atoms with Crippen LogP contribution in [0.4, 0.5) is 5.69 Å². The Kier molecular flexibility index (Phi) is 3.76. The summed E-state index contributed by atoms with van der Waals surface area (Å²) in [6, 6.07) is 5.28. The van der Waals surface area contributed by atoms with Gasteiger partial charge in [-0.3, -0.25) is 14.9 Å². The minimum atomic E-state index is -0.612. The maximum atomic E-state index is 11.8. The first-order valence-corrected chi connectivity index (χ1v) is 5.57. The Hall–Kier alpha value is -2.41. The van der Waals surface area contributed by atoms with Gasteiger partial charge in [-0.1, -0.05) is 16.8 Å². The summed E-state index contributed by atoms with van der Waals surface area (Å²) in [6.45, 7) is 0.138. The Morgan fingerprint density at radius 2 is 2.26 bits per heavy atom. The van der Waals surface area contributed by atoms with Crippen molar-refractivity contribution >= 4 is 23.2 Å². The van der Waals surface area contributed by atoms with Gasteiger partial charge in [0.2, 0.25) is 0 Å². The predicted molar refractivity (Wildman–Crippen MR) is 65.8 cm³/mol. The lowest BCUT2D eigenvalue weighted by Gasteiger charge is -2.03. The minimum absolute atomic E-state index is 0.110. The fraction of sp³-hybridized carbons (Fsp3) is 0.0909. The number of nitro groups is 1. The molecule has 2 rings (SSSR count). The number of nitrogens with one attached hydrogen (secondary N) is 1. The average Bonchev–Trinajstić information content (AvgIpc) is 2.88. The molecule has 0 fully saturated rings. The molecular formula is C11H8ClN3O4. The first-order chi connectivity index (χ1) is 9.06. The predicted octanol–water partition coefficient (Wildman–Crippen LogP) is 2.17. The van der Waals surface area contributed by atoms with Crippen molar-refractivity contribution in [2.75, 3.05) is 0 Å². The highest BCUT2D eigenvalue weighted by atomic mass is 35.5. The molecule has 0 bridgehead atoms. The van der Waals surface area contributed by atoms with Gasteiger partial charge >= 0.3 is 0 Å². The number of rotatable bonds is 4. The van der Waals surface area contributed by atoms with Crippen LogP contribution in [0, 0.1) is 10.1 Å². The highest BCUT2D eigenvalue weighted by molar-refractivity contribution is 6.31. The molecule has 0 aliphatic carbocycles. The van der Waals surface area contributed by atoms with E-state index < -0.39 is 10.8 Å². The summed E-state index contributed by atoms with van der Waals surface area (Å²) in [5.41, 5.74) is -0.129. The Balaban J connectivity index is 2.12. The van der Waals surface area contributed by atoms with Gasteiger partial charge in [0.25, 0.3) is 11.6 Å². The summed E-state index contributed by atoms with van der Waals surface area (Å²) in [5.74, 6) is -0.00752. The lowest BCUT2D eigenvalue weighted by Crippen LogP contribution is -2.22. The minimum Gasteiger partial charge on any atom is -0.360 e. The number of amides is 1. The molecule has 1 N–H and O–H groups in total. The molecule has 0 atom stereocenters. The molecule has 0 saturated carbocycles. The van der Waals surface area contributed by atoms with Gasteiger partial charge in [-0.05, 0) is 6.07 Å². The zero-order valence-corrected chi connectivity index (χ0v) is 10.3. The topological polar surface area (TPSA) is 98.3 Å². The molecule has 1 aromatic carbocycles. The Labute approximate surface area is 112 Å². The molecular weight excluding hydrogens is 274 g/mol. The molecule has 1 heterocycles. The number of hydrogen-bond donors (Lipinski definition) is 1. The standard InChI is InChI=1S/C11H8ClN3O4/c12-8-3-7(4-9(5-8)15(17)18)11(16)13-6-10-1-2-14-19-10/h1-5H,6H2,(H,13,16). The van der Waals surface area contributed by atoms with Crippen LogP contribution in [0.15, 0.2) is 35.0 Å². The number of nitro benzene ring substituents is 1. The molecule has 19 heavy (non-hydrogen) atoms. The van der Waals surface area contributed by atoms with Crippen LogP contribution in [0.1, 0.15) is 16.1 Å². The maximum Gasteiger partial charge on any atom is 0.271 e.